The molecular formula is C61H105N5O40. The van der Waals surface area contributed by atoms with Crippen LogP contribution in [0.25, 0.3) is 0 Å². The second-order valence-electron chi connectivity index (χ2n) is 27.1. The zero-order valence-electron chi connectivity index (χ0n) is 58.3. The molecule has 8 aliphatic heterocycles. The van der Waals surface area contributed by atoms with E-state index in [0.717, 1.165) is 27.7 Å². The molecule has 8 fully saturated rings. The van der Waals surface area contributed by atoms with Crippen LogP contribution in [-0.4, -0.2) is 431 Å². The van der Waals surface area contributed by atoms with Gasteiger partial charge in [-0.15, -0.1) is 0 Å². The number of hydrogen-bond donors (Lipinski definition) is 25. The van der Waals surface area contributed by atoms with Gasteiger partial charge in [0.1, 0.15) is 189 Å². The molecule has 0 aromatic rings. The Hall–Kier alpha value is -3.60. The second-order valence-corrected chi connectivity index (χ2v) is 27.1. The zero-order valence-corrected chi connectivity index (χ0v) is 58.3. The Labute approximate surface area is 604 Å². The van der Waals surface area contributed by atoms with Crippen molar-refractivity contribution in [3.8, 4) is 0 Å². The van der Waals surface area contributed by atoms with Crippen molar-refractivity contribution in [2.24, 2.45) is 5.73 Å². The Bertz CT molecular complexity index is 2740. The van der Waals surface area contributed by atoms with Crippen LogP contribution >= 0.6 is 0 Å². The third-order valence-corrected chi connectivity index (χ3v) is 19.3. The van der Waals surface area contributed by atoms with Gasteiger partial charge in [-0.1, -0.05) is 0 Å². The van der Waals surface area contributed by atoms with Gasteiger partial charge >= 0.3 is 0 Å². The number of aliphatic hydroxyl groups excluding tert-OH is 20. The molecule has 45 heteroatoms. The average Bonchev–Trinajstić information content (AvgIpc) is 0.774. The third-order valence-electron chi connectivity index (χ3n) is 19.3. The fraction of sp³-hybridized carbons (Fsp3) is 0.934. The molecule has 40 atom stereocenters. The zero-order chi connectivity index (χ0) is 78.0. The van der Waals surface area contributed by atoms with Crippen molar-refractivity contribution in [3.05, 3.63) is 0 Å². The minimum atomic E-state index is -2.50. The Morgan fingerprint density at radius 3 is 1.13 bits per heavy atom. The van der Waals surface area contributed by atoms with Crippen molar-refractivity contribution in [1.29, 1.82) is 0 Å². The number of nitrogens with two attached hydrogens (primary N) is 1. The summed E-state index contributed by atoms with van der Waals surface area (Å²) in [5, 5.41) is 233. The maximum Gasteiger partial charge on any atom is 0.217 e. The predicted octanol–water partition coefficient (Wildman–Crippen LogP) is -15.7. The molecule has 8 saturated heterocycles. The smallest absolute Gasteiger partial charge is 0.217 e. The standard InChI is InChI=1S/C61H105N5O40/c1-18-34(76)44(86)47(89)58(94-18)92-17-29-50(42(84)32(65-21(4)74)54(101-29)91-10-8-6-7-9-62)102-57-33(66-22(5)75)43(85)49(27(15-71)99-57)103-59-48(90)51(104-61-53(46(88)38(80)26(14-70)98-61)106-56-31(64-20(3)73)41(83)36(78)24(12-68)96-56)39(81)28(100-59)16-93-60-52(45(87)37(79)25(13-69)97-60)105-55-30(63-19(2)72)40(82)35(77)23(11-67)95-55/h18,23-61,67-71,76-90H,6-17,62H2,1-5H3,(H,63,72)(H,64,73)(H,65,74)(H,66,75)/t18-,23+,24+,25+,26+,27+,28+,29+,30+,31+,32+,33+,34+,35+,36+,37+,38+,39+,40+,41+,42+,43+,44+,45-,46-,47-,48-,49+,50+,51-,52-,53-,54+,55-,56-,57-,58+,59-,60-,61+/m0/s1. The molecule has 8 heterocycles. The SMILES string of the molecule is CC(=O)N[C@H]1[C@H](O[C@H]2[C@H](O)[C@@H](NC(C)=O)[C@H](OCCCCCN)O[C@@H]2CO[C@@H]2O[C@@H](C)[C@@H](O)[C@@H](O)[C@@H]2O)O[C@H](CO)[C@@H](O[C@@H]2O[C@H](CO[C@H]3O[C@H](CO)[C@@H](O)[C@H](O)[C@@H]3O[C@@H]3O[C@H](CO)[C@@H](O)[C@H](O)[C@H]3NC(C)=O)[C@@H](O)[C@H](O[C@H]3O[C@H](CO)[C@@H](O)[C@H](O)[C@@H]3O[C@@H]3O[C@H](CO)[C@@H](O)[C@H](O)[C@H]3NC(C)=O)[C@@H]2O)[C@@H]1O. The Balaban J connectivity index is 1.15. The maximum absolute atomic E-state index is 13.3. The third kappa shape index (κ3) is 20.6. The van der Waals surface area contributed by atoms with Gasteiger partial charge in [0, 0.05) is 34.3 Å². The van der Waals surface area contributed by atoms with E-state index in [1.165, 1.54) is 6.92 Å². The summed E-state index contributed by atoms with van der Waals surface area (Å²) in [5.74, 6) is -3.30. The number of unbranched alkanes of at least 4 members (excludes halogenated alkanes) is 2. The maximum atomic E-state index is 13.3. The normalized spacial score (nSPS) is 46.6. The molecule has 0 saturated carbocycles. The van der Waals surface area contributed by atoms with Crippen molar-refractivity contribution in [2.45, 2.75) is 299 Å². The van der Waals surface area contributed by atoms with Crippen LogP contribution in [-0.2, 0) is 95.0 Å². The molecule has 0 radical (unpaired) electrons. The first-order valence-corrected chi connectivity index (χ1v) is 34.6. The molecule has 0 bridgehead atoms. The van der Waals surface area contributed by atoms with Crippen LogP contribution in [0.4, 0.5) is 0 Å². The van der Waals surface area contributed by atoms with E-state index < -0.39 is 315 Å². The largest absolute Gasteiger partial charge is 0.394 e. The summed E-state index contributed by atoms with van der Waals surface area (Å²) in [7, 11) is 0. The number of carbonyl (C=O) groups excluding carboxylic acids is 4. The van der Waals surface area contributed by atoms with Gasteiger partial charge in [0.25, 0.3) is 0 Å². The number of carbonyl (C=O) groups is 4. The molecule has 4 amide bonds. The number of aliphatic hydroxyl groups is 20. The highest BCUT2D eigenvalue weighted by Gasteiger charge is 2.60. The van der Waals surface area contributed by atoms with E-state index in [4.69, 9.17) is 81.5 Å². The quantitative estimate of drug-likeness (QED) is 0.0287. The summed E-state index contributed by atoms with van der Waals surface area (Å²) in [5.41, 5.74) is 5.67. The molecule has 106 heavy (non-hydrogen) atoms. The van der Waals surface area contributed by atoms with Crippen molar-refractivity contribution in [3.63, 3.8) is 0 Å². The predicted molar refractivity (Wildman–Crippen MR) is 336 cm³/mol. The Morgan fingerprint density at radius 2 is 0.660 bits per heavy atom. The van der Waals surface area contributed by atoms with E-state index in [-0.39, 0.29) is 6.61 Å². The fourth-order valence-corrected chi connectivity index (χ4v) is 13.6. The summed E-state index contributed by atoms with van der Waals surface area (Å²) >= 11 is 0. The second kappa shape index (κ2) is 39.7. The van der Waals surface area contributed by atoms with Gasteiger partial charge in [-0.05, 0) is 32.7 Å². The highest BCUT2D eigenvalue weighted by molar-refractivity contribution is 5.74. The van der Waals surface area contributed by atoms with E-state index in [9.17, 15) is 121 Å². The molecular weight excluding hydrogens is 1440 g/mol. The van der Waals surface area contributed by atoms with E-state index in [0.29, 0.717) is 25.8 Å². The molecule has 26 N–H and O–H groups in total. The number of hydrogen-bond acceptors (Lipinski definition) is 41. The monoisotopic (exact) mass is 1550 g/mol. The summed E-state index contributed by atoms with van der Waals surface area (Å²) in [6.45, 7) is -1.30. The minimum Gasteiger partial charge on any atom is -0.394 e. The number of nitrogens with one attached hydrogen (secondary N) is 4. The molecule has 0 aromatic heterocycles. The van der Waals surface area contributed by atoms with Crippen LogP contribution in [0.2, 0.25) is 0 Å². The van der Waals surface area contributed by atoms with Gasteiger partial charge < -0.3 is 205 Å². The summed E-state index contributed by atoms with van der Waals surface area (Å²) in [4.78, 5) is 51.0. The average molecular weight is 1550 g/mol. The van der Waals surface area contributed by atoms with Gasteiger partial charge in [-0.3, -0.25) is 19.2 Å². The van der Waals surface area contributed by atoms with Crippen molar-refractivity contribution in [1.82, 2.24) is 21.3 Å². The molecule has 0 aliphatic carbocycles. The summed E-state index contributed by atoms with van der Waals surface area (Å²) in [6, 6.07) is -6.87. The van der Waals surface area contributed by atoms with Gasteiger partial charge in [-0.2, -0.15) is 0 Å². The van der Waals surface area contributed by atoms with E-state index in [1.54, 1.807) is 0 Å². The van der Waals surface area contributed by atoms with Crippen LogP contribution in [0.1, 0.15) is 53.9 Å². The highest BCUT2D eigenvalue weighted by Crippen LogP contribution is 2.39. The fourth-order valence-electron chi connectivity index (χ4n) is 13.6. The lowest BCUT2D eigenvalue weighted by atomic mass is 9.93. The highest BCUT2D eigenvalue weighted by atomic mass is 16.8. The lowest BCUT2D eigenvalue weighted by Crippen LogP contribution is -2.71. The van der Waals surface area contributed by atoms with E-state index in [1.807, 2.05) is 0 Å². The first-order chi connectivity index (χ1) is 50.2. The summed E-state index contributed by atoms with van der Waals surface area (Å²) < 4.78 is 96.5. The van der Waals surface area contributed by atoms with Crippen LogP contribution in [0.3, 0.4) is 0 Å². The minimum absolute atomic E-state index is 0.0156. The first kappa shape index (κ1) is 88.0. The number of ether oxygens (including phenoxy) is 16. The Morgan fingerprint density at radius 1 is 0.302 bits per heavy atom. The molecule has 8 rings (SSSR count). The van der Waals surface area contributed by atoms with E-state index >= 15 is 0 Å². The van der Waals surface area contributed by atoms with Crippen molar-refractivity contribution < 1.29 is 197 Å². The first-order valence-electron chi connectivity index (χ1n) is 34.6. The molecule has 0 unspecified atom stereocenters. The van der Waals surface area contributed by atoms with Crippen LogP contribution < -0.4 is 27.0 Å². The van der Waals surface area contributed by atoms with Gasteiger partial charge in [0.15, 0.2) is 50.3 Å². The van der Waals surface area contributed by atoms with Crippen molar-refractivity contribution in [2.75, 3.05) is 59.4 Å². The van der Waals surface area contributed by atoms with Crippen LogP contribution in [0.15, 0.2) is 0 Å². The lowest BCUT2D eigenvalue weighted by Gasteiger charge is -2.51. The van der Waals surface area contributed by atoms with Gasteiger partial charge in [-0.25, -0.2) is 0 Å². The van der Waals surface area contributed by atoms with Crippen LogP contribution in [0.5, 0.6) is 0 Å². The molecule has 45 nitrogen and oxygen atoms in total. The number of rotatable bonds is 31. The lowest BCUT2D eigenvalue weighted by molar-refractivity contribution is -0.396. The molecule has 0 spiro atoms. The molecule has 614 valence electrons. The van der Waals surface area contributed by atoms with Gasteiger partial charge in [0.2, 0.25) is 23.6 Å². The van der Waals surface area contributed by atoms with Gasteiger partial charge in [0.05, 0.1) is 52.4 Å². The van der Waals surface area contributed by atoms with Crippen molar-refractivity contribution >= 4 is 23.6 Å². The Kier molecular flexibility index (Phi) is 33.0. The number of amides is 4. The topological polar surface area (TPSA) is 695 Å². The molecule has 8 aliphatic rings. The molecule has 0 aromatic carbocycles. The summed E-state index contributed by atoms with van der Waals surface area (Å²) in [6.07, 6.45) is -68.9. The van der Waals surface area contributed by atoms with Crippen LogP contribution in [0, 0.1) is 0 Å². The van der Waals surface area contributed by atoms with E-state index in [2.05, 4.69) is 21.3 Å².